The van der Waals surface area contributed by atoms with Crippen LogP contribution in [0.3, 0.4) is 0 Å². The molecule has 0 aromatic heterocycles. The number of benzene rings is 1. The van der Waals surface area contributed by atoms with Crippen molar-refractivity contribution in [2.24, 2.45) is 5.73 Å². The molecule has 0 unspecified atom stereocenters. The van der Waals surface area contributed by atoms with Crippen molar-refractivity contribution in [3.8, 4) is 0 Å². The minimum atomic E-state index is -0.513. The molecule has 1 aromatic carbocycles. The highest BCUT2D eigenvalue weighted by Gasteiger charge is 2.10. The van der Waals surface area contributed by atoms with Gasteiger partial charge in [0.05, 0.1) is 12.1 Å². The molecule has 0 aliphatic heterocycles. The maximum absolute atomic E-state index is 9.26. The standard InChI is InChI=1S/C10H16N2O/c1-7(13)10(11)8-3-5-9(12-2)6-4-8/h3-7,10,12-13H,11H2,1-2H3/t7-,10+/m0/s1. The van der Waals surface area contributed by atoms with Crippen molar-refractivity contribution in [3.63, 3.8) is 0 Å². The monoisotopic (exact) mass is 180 g/mol. The molecule has 0 heterocycles. The zero-order valence-electron chi connectivity index (χ0n) is 7.99. The van der Waals surface area contributed by atoms with E-state index in [1.165, 1.54) is 0 Å². The lowest BCUT2D eigenvalue weighted by Crippen LogP contribution is -2.22. The summed E-state index contributed by atoms with van der Waals surface area (Å²) in [6.45, 7) is 1.69. The second kappa shape index (κ2) is 4.25. The first-order valence-corrected chi connectivity index (χ1v) is 4.36. The summed E-state index contributed by atoms with van der Waals surface area (Å²) in [7, 11) is 1.86. The Labute approximate surface area is 78.6 Å². The van der Waals surface area contributed by atoms with Crippen LogP contribution in [0.1, 0.15) is 18.5 Å². The topological polar surface area (TPSA) is 58.3 Å². The van der Waals surface area contributed by atoms with Gasteiger partial charge in [0.15, 0.2) is 0 Å². The summed E-state index contributed by atoms with van der Waals surface area (Å²) >= 11 is 0. The van der Waals surface area contributed by atoms with Crippen LogP contribution >= 0.6 is 0 Å². The van der Waals surface area contributed by atoms with E-state index in [1.807, 2.05) is 31.3 Å². The Bertz CT molecular complexity index is 256. The van der Waals surface area contributed by atoms with Gasteiger partial charge in [-0.15, -0.1) is 0 Å². The van der Waals surface area contributed by atoms with Crippen molar-refractivity contribution in [1.82, 2.24) is 0 Å². The quantitative estimate of drug-likeness (QED) is 0.653. The maximum atomic E-state index is 9.26. The molecule has 0 bridgehead atoms. The fourth-order valence-corrected chi connectivity index (χ4v) is 1.15. The zero-order valence-corrected chi connectivity index (χ0v) is 7.99. The highest BCUT2D eigenvalue weighted by molar-refractivity contribution is 5.44. The molecule has 0 spiro atoms. The molecule has 0 saturated carbocycles. The van der Waals surface area contributed by atoms with E-state index in [-0.39, 0.29) is 6.04 Å². The van der Waals surface area contributed by atoms with Gasteiger partial charge in [-0.2, -0.15) is 0 Å². The minimum absolute atomic E-state index is 0.300. The number of hydrogen-bond donors (Lipinski definition) is 3. The van der Waals surface area contributed by atoms with Crippen LogP contribution in [0.4, 0.5) is 5.69 Å². The molecule has 1 aromatic rings. The molecule has 13 heavy (non-hydrogen) atoms. The van der Waals surface area contributed by atoms with E-state index in [4.69, 9.17) is 5.73 Å². The van der Waals surface area contributed by atoms with Gasteiger partial charge in [0.2, 0.25) is 0 Å². The first kappa shape index (κ1) is 10.0. The molecular weight excluding hydrogens is 164 g/mol. The number of aliphatic hydroxyl groups is 1. The van der Waals surface area contributed by atoms with E-state index in [2.05, 4.69) is 5.32 Å². The van der Waals surface area contributed by atoms with E-state index in [0.717, 1.165) is 11.3 Å². The Balaban J connectivity index is 2.79. The van der Waals surface area contributed by atoms with Crippen molar-refractivity contribution in [2.75, 3.05) is 12.4 Å². The van der Waals surface area contributed by atoms with Crippen molar-refractivity contribution in [3.05, 3.63) is 29.8 Å². The van der Waals surface area contributed by atoms with Crippen molar-refractivity contribution in [2.45, 2.75) is 19.1 Å². The molecule has 0 fully saturated rings. The van der Waals surface area contributed by atoms with Gasteiger partial charge in [-0.25, -0.2) is 0 Å². The van der Waals surface area contributed by atoms with Gasteiger partial charge in [-0.05, 0) is 24.6 Å². The predicted octanol–water partition coefficient (Wildman–Crippen LogP) is 1.11. The SMILES string of the molecule is CNc1ccc([C@H](N)[C@H](C)O)cc1. The first-order chi connectivity index (χ1) is 6.15. The highest BCUT2D eigenvalue weighted by atomic mass is 16.3. The molecule has 72 valence electrons. The van der Waals surface area contributed by atoms with E-state index in [1.54, 1.807) is 6.92 Å². The number of aliphatic hydroxyl groups excluding tert-OH is 1. The Morgan fingerprint density at radius 3 is 2.23 bits per heavy atom. The van der Waals surface area contributed by atoms with Gasteiger partial charge < -0.3 is 16.2 Å². The van der Waals surface area contributed by atoms with Crippen LogP contribution in [-0.4, -0.2) is 18.3 Å². The zero-order chi connectivity index (χ0) is 9.84. The fraction of sp³-hybridized carbons (Fsp3) is 0.400. The second-order valence-corrected chi connectivity index (χ2v) is 3.14. The summed E-state index contributed by atoms with van der Waals surface area (Å²) in [6.07, 6.45) is -0.513. The van der Waals surface area contributed by atoms with Crippen LogP contribution < -0.4 is 11.1 Å². The molecule has 2 atom stereocenters. The van der Waals surface area contributed by atoms with Crippen LogP contribution in [0.25, 0.3) is 0 Å². The lowest BCUT2D eigenvalue weighted by Gasteiger charge is -2.15. The Kier molecular flexibility index (Phi) is 3.28. The van der Waals surface area contributed by atoms with Gasteiger partial charge in [0.1, 0.15) is 0 Å². The normalized spacial score (nSPS) is 15.1. The predicted molar refractivity (Wildman–Crippen MR) is 54.6 cm³/mol. The molecule has 4 N–H and O–H groups in total. The van der Waals surface area contributed by atoms with Gasteiger partial charge in [0.25, 0.3) is 0 Å². The fourth-order valence-electron chi connectivity index (χ4n) is 1.15. The summed E-state index contributed by atoms with van der Waals surface area (Å²) in [5.41, 5.74) is 7.75. The molecular formula is C10H16N2O. The van der Waals surface area contributed by atoms with E-state index < -0.39 is 6.10 Å². The average molecular weight is 180 g/mol. The molecule has 0 radical (unpaired) electrons. The Hall–Kier alpha value is -1.06. The van der Waals surface area contributed by atoms with Crippen LogP contribution in [0.15, 0.2) is 24.3 Å². The third-order valence-corrected chi connectivity index (χ3v) is 2.10. The molecule has 0 aliphatic carbocycles. The molecule has 3 heteroatoms. The van der Waals surface area contributed by atoms with Crippen LogP contribution in [0, 0.1) is 0 Å². The number of hydrogen-bond acceptors (Lipinski definition) is 3. The summed E-state index contributed by atoms with van der Waals surface area (Å²) < 4.78 is 0. The summed E-state index contributed by atoms with van der Waals surface area (Å²) in [4.78, 5) is 0. The third-order valence-electron chi connectivity index (χ3n) is 2.10. The van der Waals surface area contributed by atoms with E-state index >= 15 is 0 Å². The largest absolute Gasteiger partial charge is 0.391 e. The third kappa shape index (κ3) is 2.44. The van der Waals surface area contributed by atoms with Crippen molar-refractivity contribution < 1.29 is 5.11 Å². The number of nitrogens with two attached hydrogens (primary N) is 1. The Morgan fingerprint density at radius 2 is 1.85 bits per heavy atom. The Morgan fingerprint density at radius 1 is 1.31 bits per heavy atom. The van der Waals surface area contributed by atoms with E-state index in [9.17, 15) is 5.11 Å². The first-order valence-electron chi connectivity index (χ1n) is 4.36. The lowest BCUT2D eigenvalue weighted by molar-refractivity contribution is 0.164. The number of nitrogens with one attached hydrogen (secondary N) is 1. The molecule has 0 aliphatic rings. The summed E-state index contributed by atoms with van der Waals surface area (Å²) in [5, 5.41) is 12.3. The maximum Gasteiger partial charge on any atom is 0.0704 e. The highest BCUT2D eigenvalue weighted by Crippen LogP contribution is 2.16. The molecule has 0 amide bonds. The van der Waals surface area contributed by atoms with Crippen molar-refractivity contribution in [1.29, 1.82) is 0 Å². The molecule has 3 nitrogen and oxygen atoms in total. The second-order valence-electron chi connectivity index (χ2n) is 3.14. The van der Waals surface area contributed by atoms with E-state index in [0.29, 0.717) is 0 Å². The van der Waals surface area contributed by atoms with Gasteiger partial charge in [-0.3, -0.25) is 0 Å². The average Bonchev–Trinajstić information content (AvgIpc) is 2.17. The lowest BCUT2D eigenvalue weighted by atomic mass is 10.0. The molecule has 1 rings (SSSR count). The number of anilines is 1. The van der Waals surface area contributed by atoms with Crippen LogP contribution in [-0.2, 0) is 0 Å². The van der Waals surface area contributed by atoms with Gasteiger partial charge >= 0.3 is 0 Å². The smallest absolute Gasteiger partial charge is 0.0704 e. The van der Waals surface area contributed by atoms with Gasteiger partial charge in [-0.1, -0.05) is 12.1 Å². The van der Waals surface area contributed by atoms with Crippen LogP contribution in [0.5, 0.6) is 0 Å². The summed E-state index contributed by atoms with van der Waals surface area (Å²) in [6, 6.07) is 7.42. The van der Waals surface area contributed by atoms with Gasteiger partial charge in [0, 0.05) is 12.7 Å². The summed E-state index contributed by atoms with van der Waals surface area (Å²) in [5.74, 6) is 0. The van der Waals surface area contributed by atoms with Crippen LogP contribution in [0.2, 0.25) is 0 Å². The number of rotatable bonds is 3. The molecule has 0 saturated heterocycles. The van der Waals surface area contributed by atoms with Crippen molar-refractivity contribution >= 4 is 5.69 Å². The minimum Gasteiger partial charge on any atom is -0.391 e.